The summed E-state index contributed by atoms with van der Waals surface area (Å²) in [4.78, 5) is 29.1. The molecule has 0 aliphatic carbocycles. The molecule has 1 unspecified atom stereocenters. The van der Waals surface area contributed by atoms with E-state index in [9.17, 15) is 18.0 Å². The zero-order valence-electron chi connectivity index (χ0n) is 22.8. The summed E-state index contributed by atoms with van der Waals surface area (Å²) in [6.45, 7) is 1.62. The van der Waals surface area contributed by atoms with Gasteiger partial charge in [0.2, 0.25) is 21.8 Å². The fourth-order valence-corrected chi connectivity index (χ4v) is 6.03. The SMILES string of the molecule is CCNC(=O)C(Cc1ccccc1)N(Cc1ccc(Cl)cc1Cl)C(=O)CN(c1cccc2ccccc12)S(C)(=O)=O. The van der Waals surface area contributed by atoms with Gasteiger partial charge in [-0.2, -0.15) is 0 Å². The molecule has 0 aromatic heterocycles. The van der Waals surface area contributed by atoms with Crippen molar-refractivity contribution in [2.45, 2.75) is 25.9 Å². The van der Waals surface area contributed by atoms with Crippen molar-refractivity contribution in [2.24, 2.45) is 0 Å². The molecule has 0 heterocycles. The first-order chi connectivity index (χ1) is 19.6. The van der Waals surface area contributed by atoms with Crippen molar-refractivity contribution < 1.29 is 18.0 Å². The number of amides is 2. The van der Waals surface area contributed by atoms with E-state index in [1.807, 2.05) is 60.7 Å². The van der Waals surface area contributed by atoms with Crippen LogP contribution in [0.5, 0.6) is 0 Å². The largest absolute Gasteiger partial charge is 0.355 e. The quantitative estimate of drug-likeness (QED) is 0.236. The third-order valence-corrected chi connectivity index (χ3v) is 8.41. The van der Waals surface area contributed by atoms with Crippen molar-refractivity contribution in [3.63, 3.8) is 0 Å². The monoisotopic (exact) mass is 611 g/mol. The highest BCUT2D eigenvalue weighted by Crippen LogP contribution is 2.29. The molecule has 0 fully saturated rings. The molecule has 0 aliphatic heterocycles. The molecular formula is C31H31Cl2N3O4S. The number of likely N-dealkylation sites (N-methyl/N-ethyl adjacent to an activating group) is 1. The van der Waals surface area contributed by atoms with E-state index in [-0.39, 0.29) is 18.9 Å². The van der Waals surface area contributed by atoms with Gasteiger partial charge in [0.15, 0.2) is 0 Å². The van der Waals surface area contributed by atoms with Gasteiger partial charge < -0.3 is 10.2 Å². The van der Waals surface area contributed by atoms with Crippen molar-refractivity contribution in [3.8, 4) is 0 Å². The van der Waals surface area contributed by atoms with Gasteiger partial charge in [0.25, 0.3) is 0 Å². The summed E-state index contributed by atoms with van der Waals surface area (Å²) < 4.78 is 27.3. The van der Waals surface area contributed by atoms with E-state index >= 15 is 0 Å². The lowest BCUT2D eigenvalue weighted by atomic mass is 10.0. The van der Waals surface area contributed by atoms with E-state index in [0.717, 1.165) is 21.5 Å². The van der Waals surface area contributed by atoms with Gasteiger partial charge in [-0.05, 0) is 41.6 Å². The number of benzene rings is 4. The van der Waals surface area contributed by atoms with Crippen LogP contribution in [0.4, 0.5) is 5.69 Å². The van der Waals surface area contributed by atoms with Crippen molar-refractivity contribution in [1.82, 2.24) is 10.2 Å². The van der Waals surface area contributed by atoms with E-state index in [1.54, 1.807) is 37.3 Å². The highest BCUT2D eigenvalue weighted by molar-refractivity contribution is 7.92. The number of halogens is 2. The van der Waals surface area contributed by atoms with Crippen LogP contribution in [-0.4, -0.2) is 50.5 Å². The zero-order chi connectivity index (χ0) is 29.6. The van der Waals surface area contributed by atoms with Crippen LogP contribution in [0.2, 0.25) is 10.0 Å². The predicted octanol–water partition coefficient (Wildman–Crippen LogP) is 5.69. The standard InChI is InChI=1S/C31H31Cl2N3O4S/c1-3-34-31(38)29(18-22-10-5-4-6-11-22)35(20-24-16-17-25(32)19-27(24)33)30(37)21-36(41(2,39)40)28-15-9-13-23-12-7-8-14-26(23)28/h4-17,19,29H,3,18,20-21H2,1-2H3,(H,34,38). The second-order valence-corrected chi connectivity index (χ2v) is 12.4. The maximum absolute atomic E-state index is 14.2. The molecule has 0 saturated carbocycles. The van der Waals surface area contributed by atoms with Crippen molar-refractivity contribution in [3.05, 3.63) is 112 Å². The lowest BCUT2D eigenvalue weighted by Crippen LogP contribution is -2.53. The number of sulfonamides is 1. The molecule has 2 amide bonds. The predicted molar refractivity (Wildman–Crippen MR) is 166 cm³/mol. The summed E-state index contributed by atoms with van der Waals surface area (Å²) in [7, 11) is -3.90. The average molecular weight is 613 g/mol. The number of carbonyl (C=O) groups is 2. The number of anilines is 1. The fourth-order valence-electron chi connectivity index (χ4n) is 4.70. The third kappa shape index (κ3) is 7.58. The second kappa shape index (κ2) is 13.4. The highest BCUT2D eigenvalue weighted by Gasteiger charge is 2.33. The number of hydrogen-bond donors (Lipinski definition) is 1. The Morgan fingerprint density at radius 1 is 0.902 bits per heavy atom. The molecule has 1 atom stereocenters. The Morgan fingerprint density at radius 2 is 1.59 bits per heavy atom. The smallest absolute Gasteiger partial charge is 0.244 e. The lowest BCUT2D eigenvalue weighted by Gasteiger charge is -2.34. The fraction of sp³-hybridized carbons (Fsp3) is 0.226. The first-order valence-electron chi connectivity index (χ1n) is 13.1. The molecule has 7 nitrogen and oxygen atoms in total. The van der Waals surface area contributed by atoms with E-state index in [2.05, 4.69) is 5.32 Å². The number of fused-ring (bicyclic) bond motifs is 1. The molecule has 0 bridgehead atoms. The molecule has 214 valence electrons. The minimum atomic E-state index is -3.90. The van der Waals surface area contributed by atoms with Crippen LogP contribution in [0.1, 0.15) is 18.1 Å². The van der Waals surface area contributed by atoms with Crippen LogP contribution in [0.15, 0.2) is 91.0 Å². The molecule has 4 aromatic rings. The second-order valence-electron chi connectivity index (χ2n) is 9.63. The maximum Gasteiger partial charge on any atom is 0.244 e. The van der Waals surface area contributed by atoms with E-state index in [0.29, 0.717) is 33.2 Å². The van der Waals surface area contributed by atoms with Gasteiger partial charge in [-0.1, -0.05) is 96.0 Å². The molecule has 41 heavy (non-hydrogen) atoms. The maximum atomic E-state index is 14.2. The van der Waals surface area contributed by atoms with Crippen LogP contribution in [0.25, 0.3) is 10.8 Å². The van der Waals surface area contributed by atoms with Gasteiger partial charge in [0.05, 0.1) is 11.9 Å². The average Bonchev–Trinajstić information content (AvgIpc) is 2.94. The van der Waals surface area contributed by atoms with Gasteiger partial charge in [-0.15, -0.1) is 0 Å². The summed E-state index contributed by atoms with van der Waals surface area (Å²) in [6.07, 6.45) is 1.28. The number of nitrogens with zero attached hydrogens (tertiary/aromatic N) is 2. The molecule has 4 aromatic carbocycles. The van der Waals surface area contributed by atoms with Gasteiger partial charge >= 0.3 is 0 Å². The molecule has 0 radical (unpaired) electrons. The Bertz CT molecular complexity index is 1640. The van der Waals surface area contributed by atoms with Gasteiger partial charge in [-0.3, -0.25) is 13.9 Å². The normalized spacial score (nSPS) is 12.1. The molecular weight excluding hydrogens is 581 g/mol. The van der Waals surface area contributed by atoms with Gasteiger partial charge in [-0.25, -0.2) is 8.42 Å². The van der Waals surface area contributed by atoms with Crippen LogP contribution < -0.4 is 9.62 Å². The summed E-state index contributed by atoms with van der Waals surface area (Å²) in [5, 5.41) is 5.11. The third-order valence-electron chi connectivity index (χ3n) is 6.69. The summed E-state index contributed by atoms with van der Waals surface area (Å²) in [6, 6.07) is 26.0. The van der Waals surface area contributed by atoms with E-state index in [4.69, 9.17) is 23.2 Å². The van der Waals surface area contributed by atoms with Crippen molar-refractivity contribution in [1.29, 1.82) is 0 Å². The Morgan fingerprint density at radius 3 is 2.27 bits per heavy atom. The van der Waals surface area contributed by atoms with E-state index in [1.165, 1.54) is 4.90 Å². The van der Waals surface area contributed by atoms with Crippen LogP contribution in [-0.2, 0) is 32.6 Å². The van der Waals surface area contributed by atoms with Crippen LogP contribution in [0.3, 0.4) is 0 Å². The van der Waals surface area contributed by atoms with Gasteiger partial charge in [0.1, 0.15) is 12.6 Å². The summed E-state index contributed by atoms with van der Waals surface area (Å²) in [5.41, 5.74) is 1.79. The lowest BCUT2D eigenvalue weighted by molar-refractivity contribution is -0.140. The first-order valence-corrected chi connectivity index (χ1v) is 15.7. The van der Waals surface area contributed by atoms with E-state index < -0.39 is 28.5 Å². The Hall–Kier alpha value is -3.59. The summed E-state index contributed by atoms with van der Waals surface area (Å²) >= 11 is 12.6. The molecule has 4 rings (SSSR count). The Kier molecular flexibility index (Phi) is 9.91. The Labute approximate surface area is 250 Å². The van der Waals surface area contributed by atoms with Gasteiger partial charge in [0, 0.05) is 34.9 Å². The zero-order valence-corrected chi connectivity index (χ0v) is 25.1. The minimum Gasteiger partial charge on any atom is -0.355 e. The number of carbonyl (C=O) groups excluding carboxylic acids is 2. The van der Waals surface area contributed by atoms with Crippen molar-refractivity contribution >= 4 is 61.5 Å². The molecule has 0 saturated heterocycles. The molecule has 1 N–H and O–H groups in total. The first kappa shape index (κ1) is 30.4. The molecule has 0 aliphatic rings. The van der Waals surface area contributed by atoms with Crippen molar-refractivity contribution in [2.75, 3.05) is 23.7 Å². The minimum absolute atomic E-state index is 0.0311. The van der Waals surface area contributed by atoms with Crippen LogP contribution >= 0.6 is 23.2 Å². The van der Waals surface area contributed by atoms with Crippen LogP contribution in [0, 0.1) is 0 Å². The number of nitrogens with one attached hydrogen (secondary N) is 1. The topological polar surface area (TPSA) is 86.8 Å². The number of hydrogen-bond acceptors (Lipinski definition) is 4. The Balaban J connectivity index is 1.79. The highest BCUT2D eigenvalue weighted by atomic mass is 35.5. The number of rotatable bonds is 11. The molecule has 10 heteroatoms. The summed E-state index contributed by atoms with van der Waals surface area (Å²) in [5.74, 6) is -0.910. The molecule has 0 spiro atoms.